The second-order valence-corrected chi connectivity index (χ2v) is 7.16. The van der Waals surface area contributed by atoms with Crippen molar-refractivity contribution in [1.29, 1.82) is 0 Å². The standard InChI is InChI=1S/C16H23N3O4S/c1-11-4-5-13(24-11)15(22)18-12-6-9-19(10-7-12)16(23)17-8-2-3-14(20)21/h4-5,12H,2-3,6-10H2,1H3,(H,17,23)(H,18,22)(H,20,21). The minimum atomic E-state index is -0.860. The molecular weight excluding hydrogens is 330 g/mol. The smallest absolute Gasteiger partial charge is 0.317 e. The molecule has 1 fully saturated rings. The number of thiophene rings is 1. The second kappa shape index (κ2) is 8.68. The van der Waals surface area contributed by atoms with Gasteiger partial charge in [-0.1, -0.05) is 0 Å². The van der Waals surface area contributed by atoms with Crippen LogP contribution >= 0.6 is 11.3 Å². The summed E-state index contributed by atoms with van der Waals surface area (Å²) >= 11 is 1.47. The van der Waals surface area contributed by atoms with Gasteiger partial charge in [-0.2, -0.15) is 0 Å². The van der Waals surface area contributed by atoms with E-state index in [4.69, 9.17) is 5.11 Å². The Morgan fingerprint density at radius 2 is 2.00 bits per heavy atom. The van der Waals surface area contributed by atoms with E-state index in [0.717, 1.165) is 17.7 Å². The molecule has 132 valence electrons. The summed E-state index contributed by atoms with van der Waals surface area (Å²) in [5, 5.41) is 14.3. The molecule has 0 aliphatic carbocycles. The number of nitrogens with zero attached hydrogens (tertiary/aromatic N) is 1. The summed E-state index contributed by atoms with van der Waals surface area (Å²) < 4.78 is 0. The first-order valence-electron chi connectivity index (χ1n) is 8.07. The van der Waals surface area contributed by atoms with Gasteiger partial charge in [0.2, 0.25) is 0 Å². The van der Waals surface area contributed by atoms with Gasteiger partial charge in [-0.3, -0.25) is 9.59 Å². The molecule has 24 heavy (non-hydrogen) atoms. The number of nitrogens with one attached hydrogen (secondary N) is 2. The summed E-state index contributed by atoms with van der Waals surface area (Å²) in [5.41, 5.74) is 0. The van der Waals surface area contributed by atoms with E-state index in [2.05, 4.69) is 10.6 Å². The maximum atomic E-state index is 12.1. The van der Waals surface area contributed by atoms with Gasteiger partial charge in [-0.25, -0.2) is 4.79 Å². The number of hydrogen-bond acceptors (Lipinski definition) is 4. The number of amides is 3. The van der Waals surface area contributed by atoms with Gasteiger partial charge in [-0.05, 0) is 38.3 Å². The maximum Gasteiger partial charge on any atom is 0.317 e. The Balaban J connectivity index is 1.68. The lowest BCUT2D eigenvalue weighted by molar-refractivity contribution is -0.137. The molecule has 0 bridgehead atoms. The predicted molar refractivity (Wildman–Crippen MR) is 91.4 cm³/mol. The maximum absolute atomic E-state index is 12.1. The number of likely N-dealkylation sites (tertiary alicyclic amines) is 1. The Hall–Kier alpha value is -2.09. The Bertz CT molecular complexity index is 594. The topological polar surface area (TPSA) is 98.7 Å². The van der Waals surface area contributed by atoms with Gasteiger partial charge >= 0.3 is 12.0 Å². The first kappa shape index (κ1) is 18.3. The van der Waals surface area contributed by atoms with Crippen molar-refractivity contribution < 1.29 is 19.5 Å². The average molecular weight is 353 g/mol. The largest absolute Gasteiger partial charge is 0.481 e. The predicted octanol–water partition coefficient (Wildman–Crippen LogP) is 1.83. The fraction of sp³-hybridized carbons (Fsp3) is 0.562. The van der Waals surface area contributed by atoms with Gasteiger partial charge in [0.25, 0.3) is 5.91 Å². The summed E-state index contributed by atoms with van der Waals surface area (Å²) in [5.74, 6) is -0.911. The molecule has 3 amide bonds. The van der Waals surface area contributed by atoms with E-state index in [1.165, 1.54) is 11.3 Å². The number of aryl methyl sites for hydroxylation is 1. The zero-order valence-electron chi connectivity index (χ0n) is 13.7. The third-order valence-corrected chi connectivity index (χ3v) is 4.92. The molecule has 0 saturated carbocycles. The lowest BCUT2D eigenvalue weighted by atomic mass is 10.1. The molecule has 0 unspecified atom stereocenters. The van der Waals surface area contributed by atoms with Gasteiger partial charge in [0, 0.05) is 37.0 Å². The van der Waals surface area contributed by atoms with Gasteiger partial charge < -0.3 is 20.6 Å². The number of carbonyl (C=O) groups excluding carboxylic acids is 2. The van der Waals surface area contributed by atoms with Crippen LogP contribution in [-0.2, 0) is 4.79 Å². The molecule has 8 heteroatoms. The quantitative estimate of drug-likeness (QED) is 0.680. The molecule has 1 aliphatic rings. The van der Waals surface area contributed by atoms with Crippen LogP contribution in [0.5, 0.6) is 0 Å². The molecule has 1 saturated heterocycles. The van der Waals surface area contributed by atoms with Crippen LogP contribution in [0.25, 0.3) is 0 Å². The molecule has 2 rings (SSSR count). The van der Waals surface area contributed by atoms with Crippen LogP contribution in [0.3, 0.4) is 0 Å². The summed E-state index contributed by atoms with van der Waals surface area (Å²) in [6, 6.07) is 3.67. The van der Waals surface area contributed by atoms with Crippen molar-refractivity contribution in [3.63, 3.8) is 0 Å². The number of rotatable bonds is 6. The normalized spacial score (nSPS) is 15.1. The van der Waals surface area contributed by atoms with E-state index in [9.17, 15) is 14.4 Å². The molecule has 3 N–H and O–H groups in total. The van der Waals surface area contributed by atoms with Gasteiger partial charge in [0.05, 0.1) is 4.88 Å². The van der Waals surface area contributed by atoms with E-state index in [0.29, 0.717) is 30.9 Å². The lowest BCUT2D eigenvalue weighted by Crippen LogP contribution is -2.49. The van der Waals surface area contributed by atoms with E-state index >= 15 is 0 Å². The van der Waals surface area contributed by atoms with E-state index < -0.39 is 5.97 Å². The zero-order chi connectivity index (χ0) is 17.5. The van der Waals surface area contributed by atoms with Crippen molar-refractivity contribution in [2.24, 2.45) is 0 Å². The highest BCUT2D eigenvalue weighted by Gasteiger charge is 2.24. The average Bonchev–Trinajstić information content (AvgIpc) is 2.98. The monoisotopic (exact) mass is 353 g/mol. The molecule has 1 aliphatic heterocycles. The van der Waals surface area contributed by atoms with E-state index in [-0.39, 0.29) is 24.4 Å². The van der Waals surface area contributed by atoms with E-state index in [1.54, 1.807) is 4.90 Å². The van der Waals surface area contributed by atoms with Crippen molar-refractivity contribution in [3.05, 3.63) is 21.9 Å². The minimum absolute atomic E-state index is 0.0512. The first-order chi connectivity index (χ1) is 11.5. The van der Waals surface area contributed by atoms with Crippen LogP contribution < -0.4 is 10.6 Å². The minimum Gasteiger partial charge on any atom is -0.481 e. The van der Waals surface area contributed by atoms with Crippen molar-refractivity contribution in [2.45, 2.75) is 38.6 Å². The van der Waals surface area contributed by atoms with Crippen molar-refractivity contribution in [2.75, 3.05) is 19.6 Å². The van der Waals surface area contributed by atoms with Gasteiger partial charge in [0.15, 0.2) is 0 Å². The van der Waals surface area contributed by atoms with Crippen molar-refractivity contribution >= 4 is 29.2 Å². The molecule has 0 aromatic carbocycles. The molecule has 1 aromatic heterocycles. The highest BCUT2D eigenvalue weighted by Crippen LogP contribution is 2.16. The zero-order valence-corrected chi connectivity index (χ0v) is 14.5. The van der Waals surface area contributed by atoms with Crippen LogP contribution in [0.2, 0.25) is 0 Å². The highest BCUT2D eigenvalue weighted by atomic mass is 32.1. The summed E-state index contributed by atoms with van der Waals surface area (Å²) in [4.78, 5) is 38.1. The number of urea groups is 1. The molecular formula is C16H23N3O4S. The number of hydrogen-bond donors (Lipinski definition) is 3. The molecule has 0 atom stereocenters. The van der Waals surface area contributed by atoms with Crippen molar-refractivity contribution in [3.8, 4) is 0 Å². The number of carbonyl (C=O) groups is 3. The van der Waals surface area contributed by atoms with Gasteiger partial charge in [0.1, 0.15) is 0 Å². The number of aliphatic carboxylic acids is 1. The molecule has 7 nitrogen and oxygen atoms in total. The Kier molecular flexibility index (Phi) is 6.60. The summed E-state index contributed by atoms with van der Waals surface area (Å²) in [6.07, 6.45) is 1.92. The Labute approximate surface area is 145 Å². The third kappa shape index (κ3) is 5.52. The van der Waals surface area contributed by atoms with E-state index in [1.807, 2.05) is 19.1 Å². The van der Waals surface area contributed by atoms with Crippen LogP contribution in [0.4, 0.5) is 4.79 Å². The first-order valence-corrected chi connectivity index (χ1v) is 8.89. The highest BCUT2D eigenvalue weighted by molar-refractivity contribution is 7.13. The summed E-state index contributed by atoms with van der Waals surface area (Å²) in [7, 11) is 0. The Morgan fingerprint density at radius 3 is 2.58 bits per heavy atom. The molecule has 1 aromatic rings. The van der Waals surface area contributed by atoms with Crippen LogP contribution in [-0.4, -0.2) is 53.6 Å². The van der Waals surface area contributed by atoms with Crippen LogP contribution in [0.1, 0.15) is 40.2 Å². The van der Waals surface area contributed by atoms with Gasteiger partial charge in [-0.15, -0.1) is 11.3 Å². The number of carboxylic acid groups (broad SMARTS) is 1. The molecule has 2 heterocycles. The van der Waals surface area contributed by atoms with Crippen molar-refractivity contribution in [1.82, 2.24) is 15.5 Å². The fourth-order valence-corrected chi connectivity index (χ4v) is 3.36. The fourth-order valence-electron chi connectivity index (χ4n) is 2.59. The second-order valence-electron chi connectivity index (χ2n) is 5.87. The molecule has 0 radical (unpaired) electrons. The number of carboxylic acids is 1. The molecule has 0 spiro atoms. The van der Waals surface area contributed by atoms with Crippen LogP contribution in [0, 0.1) is 6.92 Å². The lowest BCUT2D eigenvalue weighted by Gasteiger charge is -2.32. The third-order valence-electron chi connectivity index (χ3n) is 3.93. The Morgan fingerprint density at radius 1 is 1.29 bits per heavy atom. The van der Waals surface area contributed by atoms with Crippen LogP contribution in [0.15, 0.2) is 12.1 Å². The summed E-state index contributed by atoms with van der Waals surface area (Å²) in [6.45, 7) is 3.49. The SMILES string of the molecule is Cc1ccc(C(=O)NC2CCN(C(=O)NCCCC(=O)O)CC2)s1. The number of piperidine rings is 1.